The fraction of sp³-hybridized carbons (Fsp3) is 0.526. The van der Waals surface area contributed by atoms with Crippen molar-refractivity contribution in [2.45, 2.75) is 25.4 Å². The summed E-state index contributed by atoms with van der Waals surface area (Å²) in [6.45, 7) is 4.03. The van der Waals surface area contributed by atoms with Crippen LogP contribution in [0.15, 0.2) is 24.4 Å². The average molecular weight is 348 g/mol. The van der Waals surface area contributed by atoms with Gasteiger partial charge >= 0.3 is 0 Å². The number of anilines is 1. The number of hydrogen-bond acceptors (Lipinski definition) is 4. The van der Waals surface area contributed by atoms with E-state index in [1.165, 1.54) is 6.07 Å². The molecule has 1 atom stereocenters. The monoisotopic (exact) mass is 348 g/mol. The Morgan fingerprint density at radius 3 is 2.80 bits per heavy atom. The summed E-state index contributed by atoms with van der Waals surface area (Å²) in [7, 11) is 0. The first-order valence-electron chi connectivity index (χ1n) is 8.89. The molecule has 1 aromatic carbocycles. The number of piperidine rings is 1. The fourth-order valence-electron chi connectivity index (χ4n) is 3.69. The van der Waals surface area contributed by atoms with Crippen molar-refractivity contribution in [3.63, 3.8) is 0 Å². The second-order valence-electron chi connectivity index (χ2n) is 6.86. The Morgan fingerprint density at radius 2 is 2.04 bits per heavy atom. The molecule has 0 spiro atoms. The van der Waals surface area contributed by atoms with Crippen LogP contribution in [-0.4, -0.2) is 44.0 Å². The van der Waals surface area contributed by atoms with Crippen LogP contribution in [0.3, 0.4) is 0 Å². The molecule has 3 heterocycles. The van der Waals surface area contributed by atoms with E-state index in [-0.39, 0.29) is 11.6 Å². The molecule has 0 aliphatic carbocycles. The second-order valence-corrected chi connectivity index (χ2v) is 6.86. The van der Waals surface area contributed by atoms with Gasteiger partial charge in [0, 0.05) is 49.0 Å². The molecule has 0 bridgehead atoms. The predicted molar refractivity (Wildman–Crippen MR) is 91.8 cm³/mol. The van der Waals surface area contributed by atoms with Crippen LogP contribution in [0.4, 0.5) is 14.5 Å². The molecule has 4 rings (SSSR count). The molecular formula is C19H22F2N2O2. The Labute approximate surface area is 145 Å². The normalized spacial score (nSPS) is 22.0. The lowest BCUT2D eigenvalue weighted by Gasteiger charge is -2.34. The van der Waals surface area contributed by atoms with Gasteiger partial charge in [-0.1, -0.05) is 0 Å². The van der Waals surface area contributed by atoms with Crippen molar-refractivity contribution in [3.05, 3.63) is 36.0 Å². The van der Waals surface area contributed by atoms with Gasteiger partial charge in [0.1, 0.15) is 11.3 Å². The van der Waals surface area contributed by atoms with Crippen molar-refractivity contribution in [1.82, 2.24) is 4.98 Å². The fourth-order valence-corrected chi connectivity index (χ4v) is 3.69. The molecule has 1 aromatic heterocycles. The number of nitrogens with zero attached hydrogens (tertiary/aromatic N) is 2. The molecule has 134 valence electrons. The Hall–Kier alpha value is -1.79. The summed E-state index contributed by atoms with van der Waals surface area (Å²) in [4.78, 5) is 6.23. The SMILES string of the molecule is Fc1cc(F)c2nccc(N3CCC(OC[C@@H]4CCOC4)CC3)c2c1. The number of aromatic nitrogens is 1. The molecule has 2 aliphatic heterocycles. The van der Waals surface area contributed by atoms with Crippen molar-refractivity contribution in [1.29, 1.82) is 0 Å². The van der Waals surface area contributed by atoms with E-state index in [9.17, 15) is 8.78 Å². The number of benzene rings is 1. The molecule has 0 N–H and O–H groups in total. The van der Waals surface area contributed by atoms with Crippen LogP contribution < -0.4 is 4.90 Å². The van der Waals surface area contributed by atoms with Gasteiger partial charge in [0.25, 0.3) is 0 Å². The third kappa shape index (κ3) is 3.60. The number of ether oxygens (including phenoxy) is 2. The van der Waals surface area contributed by atoms with Gasteiger partial charge in [-0.05, 0) is 31.4 Å². The van der Waals surface area contributed by atoms with E-state index < -0.39 is 11.6 Å². The highest BCUT2D eigenvalue weighted by Gasteiger charge is 2.24. The van der Waals surface area contributed by atoms with Crippen molar-refractivity contribution < 1.29 is 18.3 Å². The zero-order valence-corrected chi connectivity index (χ0v) is 14.1. The first-order chi connectivity index (χ1) is 12.2. The van der Waals surface area contributed by atoms with Crippen LogP contribution in [0.2, 0.25) is 0 Å². The molecule has 2 fully saturated rings. The first kappa shape index (κ1) is 16.7. The lowest BCUT2D eigenvalue weighted by molar-refractivity contribution is 0.0132. The molecule has 0 unspecified atom stereocenters. The molecule has 0 amide bonds. The number of hydrogen-bond donors (Lipinski definition) is 0. The molecule has 4 nitrogen and oxygen atoms in total. The van der Waals surface area contributed by atoms with Crippen molar-refractivity contribution in [2.75, 3.05) is 37.8 Å². The summed E-state index contributed by atoms with van der Waals surface area (Å²) in [6, 6.07) is 4.08. The van der Waals surface area contributed by atoms with E-state index in [2.05, 4.69) is 9.88 Å². The van der Waals surface area contributed by atoms with Crippen LogP contribution in [0.5, 0.6) is 0 Å². The summed E-state index contributed by atoms with van der Waals surface area (Å²) >= 11 is 0. The predicted octanol–water partition coefficient (Wildman–Crippen LogP) is 3.53. The van der Waals surface area contributed by atoms with E-state index in [0.717, 1.165) is 63.9 Å². The van der Waals surface area contributed by atoms with Crippen LogP contribution in [0, 0.1) is 17.6 Å². The van der Waals surface area contributed by atoms with Gasteiger partial charge in [0.15, 0.2) is 5.82 Å². The van der Waals surface area contributed by atoms with Gasteiger partial charge in [-0.3, -0.25) is 4.98 Å². The molecule has 25 heavy (non-hydrogen) atoms. The van der Waals surface area contributed by atoms with Gasteiger partial charge in [-0.2, -0.15) is 0 Å². The number of fused-ring (bicyclic) bond motifs is 1. The Kier molecular flexibility index (Phi) is 4.81. The molecule has 0 saturated carbocycles. The minimum absolute atomic E-state index is 0.221. The summed E-state index contributed by atoms with van der Waals surface area (Å²) in [5.41, 5.74) is 1.06. The first-order valence-corrected chi connectivity index (χ1v) is 8.89. The van der Waals surface area contributed by atoms with Crippen LogP contribution in [-0.2, 0) is 9.47 Å². The van der Waals surface area contributed by atoms with Crippen molar-refractivity contribution in [3.8, 4) is 0 Å². The van der Waals surface area contributed by atoms with Gasteiger partial charge in [0.05, 0.1) is 19.3 Å². The lowest BCUT2D eigenvalue weighted by atomic mass is 10.0. The summed E-state index contributed by atoms with van der Waals surface area (Å²) in [5.74, 6) is -0.668. The molecular weight excluding hydrogens is 326 g/mol. The summed E-state index contributed by atoms with van der Waals surface area (Å²) < 4.78 is 39.0. The minimum atomic E-state index is -0.617. The van der Waals surface area contributed by atoms with E-state index in [4.69, 9.17) is 9.47 Å². The Morgan fingerprint density at radius 1 is 1.20 bits per heavy atom. The molecule has 6 heteroatoms. The molecule has 0 radical (unpaired) electrons. The molecule has 2 saturated heterocycles. The summed E-state index contributed by atoms with van der Waals surface area (Å²) in [6.07, 6.45) is 4.74. The smallest absolute Gasteiger partial charge is 0.152 e. The lowest BCUT2D eigenvalue weighted by Crippen LogP contribution is -2.37. The van der Waals surface area contributed by atoms with E-state index in [1.807, 2.05) is 6.07 Å². The van der Waals surface area contributed by atoms with Crippen LogP contribution >= 0.6 is 0 Å². The Balaban J connectivity index is 1.43. The number of rotatable bonds is 4. The average Bonchev–Trinajstić information content (AvgIpc) is 3.13. The standard InChI is InChI=1S/C19H22F2N2O2/c20-14-9-16-18(1-5-22-19(16)17(21)10-14)23-6-2-15(3-7-23)25-12-13-4-8-24-11-13/h1,5,9-10,13,15H,2-4,6-8,11-12H2/t13-/m1/s1. The van der Waals surface area contributed by atoms with E-state index >= 15 is 0 Å². The number of pyridine rings is 1. The minimum Gasteiger partial charge on any atom is -0.381 e. The second kappa shape index (κ2) is 7.22. The van der Waals surface area contributed by atoms with Crippen molar-refractivity contribution in [2.24, 2.45) is 5.92 Å². The van der Waals surface area contributed by atoms with Crippen LogP contribution in [0.1, 0.15) is 19.3 Å². The quantitative estimate of drug-likeness (QED) is 0.847. The zero-order valence-electron chi connectivity index (χ0n) is 14.1. The maximum Gasteiger partial charge on any atom is 0.152 e. The van der Waals surface area contributed by atoms with Gasteiger partial charge in [-0.15, -0.1) is 0 Å². The van der Waals surface area contributed by atoms with Crippen LogP contribution in [0.25, 0.3) is 10.9 Å². The third-order valence-corrected chi connectivity index (χ3v) is 5.11. The largest absolute Gasteiger partial charge is 0.381 e. The molecule has 2 aliphatic rings. The van der Waals surface area contributed by atoms with Gasteiger partial charge in [0.2, 0.25) is 0 Å². The van der Waals surface area contributed by atoms with E-state index in [0.29, 0.717) is 11.3 Å². The topological polar surface area (TPSA) is 34.6 Å². The highest BCUT2D eigenvalue weighted by molar-refractivity contribution is 5.92. The summed E-state index contributed by atoms with van der Waals surface area (Å²) in [5, 5.41) is 0.530. The van der Waals surface area contributed by atoms with Crippen molar-refractivity contribution >= 4 is 16.6 Å². The Bertz CT molecular complexity index is 742. The van der Waals surface area contributed by atoms with Gasteiger partial charge < -0.3 is 14.4 Å². The van der Waals surface area contributed by atoms with E-state index in [1.54, 1.807) is 6.20 Å². The molecule has 2 aromatic rings. The van der Waals surface area contributed by atoms with Gasteiger partial charge in [-0.25, -0.2) is 8.78 Å². The highest BCUT2D eigenvalue weighted by Crippen LogP contribution is 2.30. The maximum atomic E-state index is 14.0. The number of halogens is 2. The highest BCUT2D eigenvalue weighted by atomic mass is 19.1. The maximum absolute atomic E-state index is 14.0. The third-order valence-electron chi connectivity index (χ3n) is 5.11. The zero-order chi connectivity index (χ0) is 17.2.